The molecule has 0 bridgehead atoms. The third-order valence-corrected chi connectivity index (χ3v) is 6.68. The zero-order valence-corrected chi connectivity index (χ0v) is 18.9. The fraction of sp³-hybridized carbons (Fsp3) is 0.308. The first-order valence-electron chi connectivity index (χ1n) is 11.5. The summed E-state index contributed by atoms with van der Waals surface area (Å²) in [6.07, 6.45) is 1.12. The van der Waals surface area contributed by atoms with Crippen molar-refractivity contribution in [1.29, 1.82) is 0 Å². The van der Waals surface area contributed by atoms with E-state index >= 15 is 0 Å². The van der Waals surface area contributed by atoms with Crippen LogP contribution >= 0.6 is 0 Å². The van der Waals surface area contributed by atoms with Gasteiger partial charge in [-0.3, -0.25) is 18.9 Å². The lowest BCUT2D eigenvalue weighted by atomic mass is 10.0. The Morgan fingerprint density at radius 1 is 1.00 bits per heavy atom. The second-order valence-electron chi connectivity index (χ2n) is 8.82. The topological polar surface area (TPSA) is 63.3 Å². The van der Waals surface area contributed by atoms with Crippen LogP contribution in [0.2, 0.25) is 0 Å². The summed E-state index contributed by atoms with van der Waals surface area (Å²) >= 11 is 0. The molecule has 3 heterocycles. The van der Waals surface area contributed by atoms with Gasteiger partial charge in [0.15, 0.2) is 0 Å². The van der Waals surface area contributed by atoms with E-state index in [0.717, 1.165) is 49.0 Å². The van der Waals surface area contributed by atoms with Gasteiger partial charge in [0, 0.05) is 35.9 Å². The van der Waals surface area contributed by atoms with Crippen molar-refractivity contribution in [2.24, 2.45) is 0 Å². The van der Waals surface area contributed by atoms with Gasteiger partial charge < -0.3 is 5.11 Å². The standard InChI is InChI=1S/C26H25F3N4O2/c27-26(28,29)21-5-3-18(4-6-21)19-9-11-32(25(35)15-19)22-7-8-24-20(14-22)16-30-33(24)13-12-31-10-1-2-23(31)17-34/h3-9,11,14-16,23,34H,1-2,10,12-13,17H2/t23-/m0/s1. The van der Waals surface area contributed by atoms with Gasteiger partial charge in [0.1, 0.15) is 0 Å². The molecule has 182 valence electrons. The molecule has 1 fully saturated rings. The molecule has 35 heavy (non-hydrogen) atoms. The van der Waals surface area contributed by atoms with E-state index in [9.17, 15) is 23.1 Å². The Labute approximate surface area is 199 Å². The molecule has 1 N–H and O–H groups in total. The van der Waals surface area contributed by atoms with Gasteiger partial charge in [-0.05, 0) is 66.9 Å². The molecule has 4 aromatic rings. The van der Waals surface area contributed by atoms with Crippen molar-refractivity contribution in [1.82, 2.24) is 19.2 Å². The molecule has 0 saturated carbocycles. The Hall–Kier alpha value is -3.43. The van der Waals surface area contributed by atoms with Crippen molar-refractivity contribution < 1.29 is 18.3 Å². The van der Waals surface area contributed by atoms with Crippen LogP contribution in [-0.2, 0) is 12.7 Å². The maximum atomic E-state index is 12.8. The highest BCUT2D eigenvalue weighted by Crippen LogP contribution is 2.31. The maximum absolute atomic E-state index is 12.8. The highest BCUT2D eigenvalue weighted by Gasteiger charge is 2.30. The molecule has 0 aliphatic carbocycles. The maximum Gasteiger partial charge on any atom is 0.416 e. The SMILES string of the molecule is O=c1cc(-c2ccc(C(F)(F)F)cc2)ccn1-c1ccc2c(cnn2CCN2CCC[C@H]2CO)c1. The summed E-state index contributed by atoms with van der Waals surface area (Å²) in [6.45, 7) is 2.69. The number of pyridine rings is 1. The highest BCUT2D eigenvalue weighted by atomic mass is 19.4. The Balaban J connectivity index is 1.35. The number of hydrogen-bond donors (Lipinski definition) is 1. The lowest BCUT2D eigenvalue weighted by Gasteiger charge is -2.22. The van der Waals surface area contributed by atoms with E-state index in [1.165, 1.54) is 22.8 Å². The molecular formula is C26H25F3N4O2. The predicted octanol–water partition coefficient (Wildman–Crippen LogP) is 4.33. The average molecular weight is 483 g/mol. The smallest absolute Gasteiger partial charge is 0.395 e. The fourth-order valence-corrected chi connectivity index (χ4v) is 4.75. The van der Waals surface area contributed by atoms with Crippen molar-refractivity contribution in [3.05, 3.63) is 82.9 Å². The van der Waals surface area contributed by atoms with Crippen molar-refractivity contribution in [3.63, 3.8) is 0 Å². The van der Waals surface area contributed by atoms with Crippen LogP contribution in [0.15, 0.2) is 71.8 Å². The molecule has 1 atom stereocenters. The van der Waals surface area contributed by atoms with Crippen LogP contribution in [0.1, 0.15) is 18.4 Å². The quantitative estimate of drug-likeness (QED) is 0.445. The first-order valence-corrected chi connectivity index (χ1v) is 11.5. The van der Waals surface area contributed by atoms with E-state index in [2.05, 4.69) is 10.00 Å². The molecule has 0 spiro atoms. The summed E-state index contributed by atoms with van der Waals surface area (Å²) in [5, 5.41) is 14.9. The van der Waals surface area contributed by atoms with Crippen LogP contribution in [0.25, 0.3) is 27.7 Å². The Kier molecular flexibility index (Phi) is 6.21. The number of aromatic nitrogens is 3. The number of aliphatic hydroxyl groups excluding tert-OH is 1. The number of benzene rings is 2. The number of alkyl halides is 3. The summed E-state index contributed by atoms with van der Waals surface area (Å²) in [4.78, 5) is 15.1. The normalized spacial score (nSPS) is 16.9. The van der Waals surface area contributed by atoms with Gasteiger partial charge in [0.25, 0.3) is 5.56 Å². The zero-order valence-electron chi connectivity index (χ0n) is 18.9. The second kappa shape index (κ2) is 9.31. The number of halogens is 3. The van der Waals surface area contributed by atoms with E-state index in [0.29, 0.717) is 23.4 Å². The zero-order chi connectivity index (χ0) is 24.6. The molecule has 0 radical (unpaired) electrons. The minimum atomic E-state index is -4.40. The lowest BCUT2D eigenvalue weighted by molar-refractivity contribution is -0.137. The summed E-state index contributed by atoms with van der Waals surface area (Å²) in [5.41, 5.74) is 1.73. The van der Waals surface area contributed by atoms with Gasteiger partial charge in [0.05, 0.1) is 30.4 Å². The summed E-state index contributed by atoms with van der Waals surface area (Å²) in [6, 6.07) is 13.8. The lowest BCUT2D eigenvalue weighted by Crippen LogP contribution is -2.34. The summed E-state index contributed by atoms with van der Waals surface area (Å²) < 4.78 is 41.9. The van der Waals surface area contributed by atoms with Gasteiger partial charge in [-0.2, -0.15) is 18.3 Å². The van der Waals surface area contributed by atoms with Gasteiger partial charge >= 0.3 is 6.18 Å². The minimum Gasteiger partial charge on any atom is -0.395 e. The Morgan fingerprint density at radius 3 is 2.51 bits per heavy atom. The van der Waals surface area contributed by atoms with E-state index in [1.54, 1.807) is 18.5 Å². The van der Waals surface area contributed by atoms with Crippen molar-refractivity contribution in [2.45, 2.75) is 31.6 Å². The molecule has 6 nitrogen and oxygen atoms in total. The van der Waals surface area contributed by atoms with Gasteiger partial charge in [-0.25, -0.2) is 0 Å². The Bertz CT molecular complexity index is 1390. The van der Waals surface area contributed by atoms with Crippen LogP contribution in [0, 0.1) is 0 Å². The Morgan fingerprint density at radius 2 is 1.80 bits per heavy atom. The number of fused-ring (bicyclic) bond motifs is 1. The van der Waals surface area contributed by atoms with Crippen LogP contribution < -0.4 is 5.56 Å². The van der Waals surface area contributed by atoms with Crippen molar-refractivity contribution >= 4 is 10.9 Å². The van der Waals surface area contributed by atoms with Gasteiger partial charge in [-0.15, -0.1) is 0 Å². The van der Waals surface area contributed by atoms with Crippen LogP contribution in [-0.4, -0.2) is 50.1 Å². The number of aliphatic hydroxyl groups is 1. The molecule has 0 amide bonds. The molecule has 1 saturated heterocycles. The molecule has 9 heteroatoms. The number of hydrogen-bond acceptors (Lipinski definition) is 4. The third-order valence-electron chi connectivity index (χ3n) is 6.68. The van der Waals surface area contributed by atoms with Crippen LogP contribution in [0.3, 0.4) is 0 Å². The van der Waals surface area contributed by atoms with Gasteiger partial charge in [-0.1, -0.05) is 12.1 Å². The number of rotatable bonds is 6. The van der Waals surface area contributed by atoms with Crippen LogP contribution in [0.4, 0.5) is 13.2 Å². The predicted molar refractivity (Wildman–Crippen MR) is 127 cm³/mol. The largest absolute Gasteiger partial charge is 0.416 e. The van der Waals surface area contributed by atoms with E-state index in [4.69, 9.17) is 0 Å². The summed E-state index contributed by atoms with van der Waals surface area (Å²) in [5.74, 6) is 0. The number of likely N-dealkylation sites (tertiary alicyclic amines) is 1. The fourth-order valence-electron chi connectivity index (χ4n) is 4.75. The molecule has 5 rings (SSSR count). The van der Waals surface area contributed by atoms with E-state index < -0.39 is 11.7 Å². The van der Waals surface area contributed by atoms with Gasteiger partial charge in [0.2, 0.25) is 0 Å². The molecule has 1 aliphatic rings. The molecule has 1 aliphatic heterocycles. The summed E-state index contributed by atoms with van der Waals surface area (Å²) in [7, 11) is 0. The first kappa shape index (κ1) is 23.3. The molecule has 2 aromatic heterocycles. The highest BCUT2D eigenvalue weighted by molar-refractivity contribution is 5.81. The van der Waals surface area contributed by atoms with Crippen LogP contribution in [0.5, 0.6) is 0 Å². The third kappa shape index (κ3) is 4.74. The van der Waals surface area contributed by atoms with E-state index in [1.807, 2.05) is 22.9 Å². The van der Waals surface area contributed by atoms with Crippen molar-refractivity contribution in [3.8, 4) is 16.8 Å². The minimum absolute atomic E-state index is 0.176. The van der Waals surface area contributed by atoms with Crippen molar-refractivity contribution in [2.75, 3.05) is 19.7 Å². The molecule has 2 aromatic carbocycles. The molecular weight excluding hydrogens is 457 g/mol. The second-order valence-corrected chi connectivity index (χ2v) is 8.82. The number of nitrogens with zero attached hydrogens (tertiary/aromatic N) is 4. The molecule has 0 unspecified atom stereocenters. The average Bonchev–Trinajstić information content (AvgIpc) is 3.48. The van der Waals surface area contributed by atoms with E-state index in [-0.39, 0.29) is 18.2 Å². The first-order chi connectivity index (χ1) is 16.8. The monoisotopic (exact) mass is 482 g/mol.